The minimum absolute atomic E-state index is 0.0635. The Kier molecular flexibility index (Phi) is 6.72. The molecule has 0 saturated heterocycles. The highest BCUT2D eigenvalue weighted by atomic mass is 32.2. The summed E-state index contributed by atoms with van der Waals surface area (Å²) < 4.78 is 71.0. The molecule has 0 spiro atoms. The molecule has 1 aliphatic rings. The van der Waals surface area contributed by atoms with Crippen molar-refractivity contribution < 1.29 is 40.7 Å². The van der Waals surface area contributed by atoms with E-state index in [0.29, 0.717) is 30.6 Å². The van der Waals surface area contributed by atoms with Crippen LogP contribution in [0.25, 0.3) is 0 Å². The number of hydrogen-bond acceptors (Lipinski definition) is 7. The van der Waals surface area contributed by atoms with Gasteiger partial charge in [-0.2, -0.15) is 13.2 Å². The quantitative estimate of drug-likeness (QED) is 0.451. The molecule has 8 nitrogen and oxygen atoms in total. The second kappa shape index (κ2) is 9.15. The largest absolute Gasteiger partial charge is 0.468 e. The van der Waals surface area contributed by atoms with Crippen molar-refractivity contribution in [3.05, 3.63) is 53.2 Å². The van der Waals surface area contributed by atoms with Gasteiger partial charge in [-0.25, -0.2) is 18.2 Å². The van der Waals surface area contributed by atoms with E-state index in [4.69, 9.17) is 4.74 Å². The van der Waals surface area contributed by atoms with E-state index in [-0.39, 0.29) is 17.0 Å². The molecule has 0 radical (unpaired) electrons. The molecule has 32 heavy (non-hydrogen) atoms. The zero-order valence-electron chi connectivity index (χ0n) is 16.9. The molecule has 2 heterocycles. The van der Waals surface area contributed by atoms with Crippen molar-refractivity contribution in [1.29, 1.82) is 0 Å². The molecule has 1 aliphatic heterocycles. The zero-order valence-corrected chi connectivity index (χ0v) is 17.7. The number of anilines is 1. The summed E-state index contributed by atoms with van der Waals surface area (Å²) in [6, 6.07) is 6.85. The number of Topliss-reactive ketones (excluding diaryl/α,β-unsaturated/α-hetero) is 1. The Balaban J connectivity index is 1.60. The number of sulfonamides is 1. The topological polar surface area (TPSA) is 103 Å². The van der Waals surface area contributed by atoms with Crippen LogP contribution in [0.1, 0.15) is 32.7 Å². The Morgan fingerprint density at radius 3 is 2.50 bits per heavy atom. The maximum Gasteiger partial charge on any atom is 0.422 e. The van der Waals surface area contributed by atoms with Crippen LogP contribution >= 0.6 is 0 Å². The first-order chi connectivity index (χ1) is 14.9. The molecule has 0 aliphatic carbocycles. The van der Waals surface area contributed by atoms with Gasteiger partial charge in [0.2, 0.25) is 15.9 Å². The Morgan fingerprint density at radius 2 is 1.88 bits per heavy atom. The number of rotatable bonds is 7. The average molecular weight is 472 g/mol. The highest BCUT2D eigenvalue weighted by molar-refractivity contribution is 7.92. The zero-order chi connectivity index (χ0) is 23.5. The third kappa shape index (κ3) is 5.96. The van der Waals surface area contributed by atoms with E-state index in [1.165, 1.54) is 16.4 Å². The van der Waals surface area contributed by atoms with Gasteiger partial charge in [-0.15, -0.1) is 0 Å². The van der Waals surface area contributed by atoms with E-state index in [1.807, 2.05) is 0 Å². The minimum Gasteiger partial charge on any atom is -0.468 e. The van der Waals surface area contributed by atoms with Crippen LogP contribution < -0.4 is 9.04 Å². The van der Waals surface area contributed by atoms with Gasteiger partial charge in [0.05, 0.1) is 17.5 Å². The van der Waals surface area contributed by atoms with Gasteiger partial charge >= 0.3 is 12.1 Å². The number of carbonyl (C=O) groups is 2. The number of aryl methyl sites for hydroxylation is 1. The Hall–Kier alpha value is -3.15. The minimum atomic E-state index is -4.51. The van der Waals surface area contributed by atoms with E-state index < -0.39 is 41.2 Å². The predicted octanol–water partition coefficient (Wildman–Crippen LogP) is 2.77. The summed E-state index contributed by atoms with van der Waals surface area (Å²) in [6.45, 7) is -1.72. The average Bonchev–Trinajstić information content (AvgIpc) is 2.74. The molecule has 0 N–H and O–H groups in total. The fourth-order valence-corrected chi connectivity index (χ4v) is 4.12. The van der Waals surface area contributed by atoms with Crippen LogP contribution in [0.15, 0.2) is 36.5 Å². The molecule has 12 heteroatoms. The normalized spacial score (nSPS) is 13.9. The standard InChI is InChI=1S/C20H19F3N2O6S/c1-32(28,29)25-8-2-3-13-9-14(4-6-16(13)25)17(26)11-30-19(27)15-5-7-18(24-10-15)31-12-20(21,22)23/h4-7,9-10H,2-3,8,11-12H2,1H3. The van der Waals surface area contributed by atoms with Crippen LogP contribution in [0.4, 0.5) is 18.9 Å². The van der Waals surface area contributed by atoms with E-state index in [9.17, 15) is 31.2 Å². The van der Waals surface area contributed by atoms with Gasteiger partial charge in [0.15, 0.2) is 19.0 Å². The van der Waals surface area contributed by atoms with Crippen LogP contribution in [0.5, 0.6) is 5.88 Å². The number of ether oxygens (including phenoxy) is 2. The summed E-state index contributed by atoms with van der Waals surface area (Å²) in [4.78, 5) is 28.1. The highest BCUT2D eigenvalue weighted by Gasteiger charge is 2.29. The number of aromatic nitrogens is 1. The number of nitrogens with zero attached hydrogens (tertiary/aromatic N) is 2. The lowest BCUT2D eigenvalue weighted by Gasteiger charge is -2.29. The third-order valence-electron chi connectivity index (χ3n) is 4.57. The molecule has 0 amide bonds. The molecular weight excluding hydrogens is 453 g/mol. The number of hydrogen-bond donors (Lipinski definition) is 0. The van der Waals surface area contributed by atoms with Gasteiger partial charge in [-0.1, -0.05) is 0 Å². The number of fused-ring (bicyclic) bond motifs is 1. The second-order valence-corrected chi connectivity index (χ2v) is 8.98. The number of alkyl halides is 3. The van der Waals surface area contributed by atoms with E-state index >= 15 is 0 Å². The maximum absolute atomic E-state index is 12.4. The summed E-state index contributed by atoms with van der Waals surface area (Å²) in [5.74, 6) is -1.68. The molecule has 0 fully saturated rings. The van der Waals surface area contributed by atoms with Gasteiger partial charge in [-0.05, 0) is 42.7 Å². The fourth-order valence-electron chi connectivity index (χ4n) is 3.12. The summed E-state index contributed by atoms with van der Waals surface area (Å²) in [5.41, 5.74) is 1.43. The summed E-state index contributed by atoms with van der Waals surface area (Å²) in [6.07, 6.45) is -1.19. The number of esters is 1. The lowest BCUT2D eigenvalue weighted by Crippen LogP contribution is -2.34. The van der Waals surface area contributed by atoms with Crippen molar-refractivity contribution in [2.45, 2.75) is 19.0 Å². The van der Waals surface area contributed by atoms with Gasteiger partial charge < -0.3 is 9.47 Å². The molecule has 0 unspecified atom stereocenters. The van der Waals surface area contributed by atoms with E-state index in [0.717, 1.165) is 18.5 Å². The van der Waals surface area contributed by atoms with E-state index in [2.05, 4.69) is 9.72 Å². The third-order valence-corrected chi connectivity index (χ3v) is 5.75. The number of halogens is 3. The van der Waals surface area contributed by atoms with Gasteiger partial charge in [0.1, 0.15) is 0 Å². The molecule has 3 rings (SSSR count). The van der Waals surface area contributed by atoms with Crippen molar-refractivity contribution in [2.75, 3.05) is 30.3 Å². The first-order valence-corrected chi connectivity index (χ1v) is 11.3. The van der Waals surface area contributed by atoms with Gasteiger partial charge in [0.25, 0.3) is 0 Å². The maximum atomic E-state index is 12.4. The highest BCUT2D eigenvalue weighted by Crippen LogP contribution is 2.30. The van der Waals surface area contributed by atoms with Crippen LogP contribution in [0, 0.1) is 0 Å². The van der Waals surface area contributed by atoms with Gasteiger partial charge in [-0.3, -0.25) is 9.10 Å². The number of benzene rings is 1. The number of ketones is 1. The molecule has 0 saturated carbocycles. The van der Waals surface area contributed by atoms with Crippen LogP contribution in [-0.4, -0.2) is 57.3 Å². The Labute approximate surface area is 182 Å². The van der Waals surface area contributed by atoms with Crippen molar-refractivity contribution in [3.63, 3.8) is 0 Å². The first kappa shape index (κ1) is 23.5. The van der Waals surface area contributed by atoms with Crippen molar-refractivity contribution in [1.82, 2.24) is 4.98 Å². The Morgan fingerprint density at radius 1 is 1.16 bits per heavy atom. The molecular formula is C20H19F3N2O6S. The summed E-state index contributed by atoms with van der Waals surface area (Å²) >= 11 is 0. The number of pyridine rings is 1. The second-order valence-electron chi connectivity index (χ2n) is 7.07. The SMILES string of the molecule is CS(=O)(=O)N1CCCc2cc(C(=O)COC(=O)c3ccc(OCC(F)(F)F)nc3)ccc21. The fraction of sp³-hybridized carbons (Fsp3) is 0.350. The van der Waals surface area contributed by atoms with Crippen LogP contribution in [-0.2, 0) is 21.2 Å². The first-order valence-electron chi connectivity index (χ1n) is 9.40. The predicted molar refractivity (Wildman–Crippen MR) is 107 cm³/mol. The van der Waals surface area contributed by atoms with Crippen LogP contribution in [0.2, 0.25) is 0 Å². The summed E-state index contributed by atoms with van der Waals surface area (Å²) in [5, 5.41) is 0. The summed E-state index contributed by atoms with van der Waals surface area (Å²) in [7, 11) is -3.43. The molecule has 0 atom stereocenters. The molecule has 172 valence electrons. The van der Waals surface area contributed by atoms with Crippen LogP contribution in [0.3, 0.4) is 0 Å². The lowest BCUT2D eigenvalue weighted by atomic mass is 9.99. The van der Waals surface area contributed by atoms with Gasteiger partial charge in [0, 0.05) is 24.4 Å². The van der Waals surface area contributed by atoms with E-state index in [1.54, 1.807) is 12.1 Å². The molecule has 1 aromatic carbocycles. The smallest absolute Gasteiger partial charge is 0.422 e. The Bertz CT molecular complexity index is 1120. The monoisotopic (exact) mass is 472 g/mol. The molecule has 0 bridgehead atoms. The number of carbonyl (C=O) groups excluding carboxylic acids is 2. The lowest BCUT2D eigenvalue weighted by molar-refractivity contribution is -0.154. The molecule has 2 aromatic rings. The van der Waals surface area contributed by atoms with Crippen molar-refractivity contribution >= 4 is 27.5 Å². The van der Waals surface area contributed by atoms with Crippen molar-refractivity contribution in [2.24, 2.45) is 0 Å². The molecule has 1 aromatic heterocycles. The van der Waals surface area contributed by atoms with Crippen molar-refractivity contribution in [3.8, 4) is 5.88 Å².